The van der Waals surface area contributed by atoms with Crippen LogP contribution in [0, 0.1) is 0 Å². The number of sulfonamides is 1. The maximum absolute atomic E-state index is 12.3. The van der Waals surface area contributed by atoms with Crippen LogP contribution in [-0.2, 0) is 23.0 Å². The molecule has 0 fully saturated rings. The van der Waals surface area contributed by atoms with E-state index in [4.69, 9.17) is 9.88 Å². The van der Waals surface area contributed by atoms with Crippen molar-refractivity contribution in [1.82, 2.24) is 14.9 Å². The van der Waals surface area contributed by atoms with Gasteiger partial charge in [-0.2, -0.15) is 0 Å². The highest BCUT2D eigenvalue weighted by Gasteiger charge is 2.17. The van der Waals surface area contributed by atoms with E-state index in [1.807, 2.05) is 17.7 Å². The predicted molar refractivity (Wildman–Crippen MR) is 88.3 cm³/mol. The van der Waals surface area contributed by atoms with E-state index in [0.717, 1.165) is 12.2 Å². The van der Waals surface area contributed by atoms with E-state index in [-0.39, 0.29) is 16.2 Å². The number of nitrogens with zero attached hydrogens (tertiary/aromatic N) is 2. The molecule has 2 rings (SSSR count). The fourth-order valence-electron chi connectivity index (χ4n) is 2.28. The Morgan fingerprint density at radius 3 is 2.79 bits per heavy atom. The van der Waals surface area contributed by atoms with Crippen molar-refractivity contribution in [2.75, 3.05) is 13.7 Å². The summed E-state index contributed by atoms with van der Waals surface area (Å²) in [7, 11) is -2.49. The predicted octanol–water partition coefficient (Wildman–Crippen LogP) is 0.532. The molecule has 8 nitrogen and oxygen atoms in total. The van der Waals surface area contributed by atoms with Gasteiger partial charge in [0.05, 0.1) is 17.6 Å². The first kappa shape index (κ1) is 18.0. The Hall–Kier alpha value is -2.39. The Morgan fingerprint density at radius 1 is 1.42 bits per heavy atom. The van der Waals surface area contributed by atoms with Gasteiger partial charge < -0.3 is 14.6 Å². The third-order valence-electron chi connectivity index (χ3n) is 3.50. The van der Waals surface area contributed by atoms with E-state index in [0.29, 0.717) is 13.1 Å². The van der Waals surface area contributed by atoms with Gasteiger partial charge in [-0.05, 0) is 18.2 Å². The van der Waals surface area contributed by atoms with Crippen LogP contribution in [0.2, 0.25) is 0 Å². The maximum atomic E-state index is 12.3. The monoisotopic (exact) mass is 352 g/mol. The largest absolute Gasteiger partial charge is 0.496 e. The van der Waals surface area contributed by atoms with Crippen LogP contribution in [-0.4, -0.2) is 37.5 Å². The highest BCUT2D eigenvalue weighted by Crippen LogP contribution is 2.21. The minimum absolute atomic E-state index is 0.116. The average molecular weight is 352 g/mol. The molecule has 1 amide bonds. The number of imidazole rings is 1. The molecule has 0 aliphatic rings. The molecule has 0 atom stereocenters. The zero-order valence-electron chi connectivity index (χ0n) is 13.5. The van der Waals surface area contributed by atoms with Crippen molar-refractivity contribution in [3.63, 3.8) is 0 Å². The summed E-state index contributed by atoms with van der Waals surface area (Å²) >= 11 is 0. The molecular formula is C15H20N4O4S. The van der Waals surface area contributed by atoms with E-state index in [1.54, 1.807) is 6.20 Å². The van der Waals surface area contributed by atoms with Crippen LogP contribution in [0.3, 0.4) is 0 Å². The summed E-state index contributed by atoms with van der Waals surface area (Å²) in [6, 6.07) is 3.90. The topological polar surface area (TPSA) is 116 Å². The molecule has 24 heavy (non-hydrogen) atoms. The lowest BCUT2D eigenvalue weighted by atomic mass is 10.2. The van der Waals surface area contributed by atoms with Crippen LogP contribution in [0.15, 0.2) is 35.5 Å². The average Bonchev–Trinajstić information content (AvgIpc) is 3.00. The summed E-state index contributed by atoms with van der Waals surface area (Å²) < 4.78 is 29.9. The standard InChI is InChI=1S/C15H20N4O4S/c1-3-14-17-6-8-19(14)9-7-18-15(20)12-10-11(24(16,21)22)4-5-13(12)23-2/h4-6,8,10H,3,7,9H2,1-2H3,(H,18,20)(H2,16,21,22). The minimum Gasteiger partial charge on any atom is -0.496 e. The molecule has 1 aromatic carbocycles. The van der Waals surface area contributed by atoms with Crippen LogP contribution < -0.4 is 15.2 Å². The van der Waals surface area contributed by atoms with E-state index >= 15 is 0 Å². The third kappa shape index (κ3) is 4.12. The molecule has 0 bridgehead atoms. The number of amides is 1. The Kier molecular flexibility index (Phi) is 5.58. The molecule has 0 aliphatic heterocycles. The van der Waals surface area contributed by atoms with Gasteiger partial charge >= 0.3 is 0 Å². The quantitative estimate of drug-likeness (QED) is 0.754. The smallest absolute Gasteiger partial charge is 0.255 e. The van der Waals surface area contributed by atoms with E-state index < -0.39 is 15.9 Å². The van der Waals surface area contributed by atoms with Crippen LogP contribution in [0.4, 0.5) is 0 Å². The van der Waals surface area contributed by atoms with E-state index in [1.165, 1.54) is 25.3 Å². The summed E-state index contributed by atoms with van der Waals surface area (Å²) in [5.41, 5.74) is 0.116. The summed E-state index contributed by atoms with van der Waals surface area (Å²) in [6.07, 6.45) is 4.34. The van der Waals surface area contributed by atoms with Gasteiger partial charge in [0.15, 0.2) is 0 Å². The Morgan fingerprint density at radius 2 is 2.17 bits per heavy atom. The van der Waals surface area contributed by atoms with Crippen molar-refractivity contribution >= 4 is 15.9 Å². The zero-order chi connectivity index (χ0) is 17.7. The third-order valence-corrected chi connectivity index (χ3v) is 4.41. The lowest BCUT2D eigenvalue weighted by Crippen LogP contribution is -2.28. The second-order valence-electron chi connectivity index (χ2n) is 5.05. The molecule has 0 saturated heterocycles. The summed E-state index contributed by atoms with van der Waals surface area (Å²) in [6.45, 7) is 2.93. The molecule has 0 radical (unpaired) electrons. The van der Waals surface area contributed by atoms with Gasteiger partial charge in [0.25, 0.3) is 5.91 Å². The van der Waals surface area contributed by atoms with Gasteiger partial charge in [0, 0.05) is 31.9 Å². The van der Waals surface area contributed by atoms with Crippen molar-refractivity contribution in [2.24, 2.45) is 5.14 Å². The van der Waals surface area contributed by atoms with Crippen molar-refractivity contribution in [2.45, 2.75) is 24.8 Å². The molecule has 1 heterocycles. The molecule has 0 unspecified atom stereocenters. The first-order chi connectivity index (χ1) is 11.4. The van der Waals surface area contributed by atoms with Crippen molar-refractivity contribution < 1.29 is 17.9 Å². The van der Waals surface area contributed by atoms with Gasteiger partial charge in [0.2, 0.25) is 10.0 Å². The SMILES string of the molecule is CCc1nccn1CCNC(=O)c1cc(S(N)(=O)=O)ccc1OC. The Bertz CT molecular complexity index is 830. The van der Waals surface area contributed by atoms with Crippen molar-refractivity contribution in [3.05, 3.63) is 42.0 Å². The normalized spacial score (nSPS) is 11.3. The molecule has 0 aliphatic carbocycles. The molecule has 0 spiro atoms. The molecule has 0 saturated carbocycles. The first-order valence-corrected chi connectivity index (χ1v) is 8.90. The highest BCUT2D eigenvalue weighted by molar-refractivity contribution is 7.89. The summed E-state index contributed by atoms with van der Waals surface area (Å²) in [5, 5.41) is 7.84. The summed E-state index contributed by atoms with van der Waals surface area (Å²) in [5.74, 6) is 0.769. The number of nitrogens with one attached hydrogen (secondary N) is 1. The maximum Gasteiger partial charge on any atom is 0.255 e. The fourth-order valence-corrected chi connectivity index (χ4v) is 2.82. The summed E-state index contributed by atoms with van der Waals surface area (Å²) in [4.78, 5) is 16.4. The molecule has 3 N–H and O–H groups in total. The van der Waals surface area contributed by atoms with Crippen LogP contribution in [0.25, 0.3) is 0 Å². The van der Waals surface area contributed by atoms with Gasteiger partial charge in [-0.1, -0.05) is 6.92 Å². The molecule has 9 heteroatoms. The van der Waals surface area contributed by atoms with E-state index in [2.05, 4.69) is 10.3 Å². The number of carbonyl (C=O) groups excluding carboxylic acids is 1. The number of aryl methyl sites for hydroxylation is 1. The van der Waals surface area contributed by atoms with Crippen molar-refractivity contribution in [3.8, 4) is 5.75 Å². The molecule has 1 aromatic heterocycles. The fraction of sp³-hybridized carbons (Fsp3) is 0.333. The number of nitrogens with two attached hydrogens (primary N) is 1. The van der Waals surface area contributed by atoms with Crippen molar-refractivity contribution in [1.29, 1.82) is 0 Å². The lowest BCUT2D eigenvalue weighted by molar-refractivity contribution is 0.0949. The van der Waals surface area contributed by atoms with Gasteiger partial charge in [-0.3, -0.25) is 4.79 Å². The number of aromatic nitrogens is 2. The molecular weight excluding hydrogens is 332 g/mol. The Balaban J connectivity index is 2.11. The number of carbonyl (C=O) groups is 1. The van der Waals surface area contributed by atoms with Crippen LogP contribution in [0.1, 0.15) is 23.1 Å². The first-order valence-electron chi connectivity index (χ1n) is 7.36. The number of methoxy groups -OCH3 is 1. The van der Waals surface area contributed by atoms with Gasteiger partial charge in [0.1, 0.15) is 11.6 Å². The van der Waals surface area contributed by atoms with Crippen LogP contribution >= 0.6 is 0 Å². The number of primary sulfonamides is 1. The Labute approximate surface area is 140 Å². The second-order valence-corrected chi connectivity index (χ2v) is 6.61. The number of hydrogen-bond acceptors (Lipinski definition) is 5. The highest BCUT2D eigenvalue weighted by atomic mass is 32.2. The van der Waals surface area contributed by atoms with E-state index in [9.17, 15) is 13.2 Å². The number of hydrogen-bond donors (Lipinski definition) is 2. The van der Waals surface area contributed by atoms with Gasteiger partial charge in [-0.15, -0.1) is 0 Å². The zero-order valence-corrected chi connectivity index (χ0v) is 14.3. The number of benzene rings is 1. The van der Waals surface area contributed by atoms with Crippen LogP contribution in [0.5, 0.6) is 5.75 Å². The lowest BCUT2D eigenvalue weighted by Gasteiger charge is -2.11. The second kappa shape index (κ2) is 7.45. The molecule has 2 aromatic rings. The number of ether oxygens (including phenoxy) is 1. The van der Waals surface area contributed by atoms with Gasteiger partial charge in [-0.25, -0.2) is 18.5 Å². The minimum atomic E-state index is -3.90. The molecule has 130 valence electrons. The number of rotatable bonds is 7.